The van der Waals surface area contributed by atoms with Crippen molar-refractivity contribution >= 4 is 11.8 Å². The first-order chi connectivity index (χ1) is 16.1. The molecule has 0 unspecified atom stereocenters. The molecule has 0 radical (unpaired) electrons. The lowest BCUT2D eigenvalue weighted by atomic mass is 10.1. The lowest BCUT2D eigenvalue weighted by Crippen LogP contribution is -2.24. The molecule has 34 heavy (non-hydrogen) atoms. The van der Waals surface area contributed by atoms with Crippen LogP contribution in [0, 0.1) is 11.7 Å². The summed E-state index contributed by atoms with van der Waals surface area (Å²) in [5.41, 5.74) is 0.782. The van der Waals surface area contributed by atoms with Crippen molar-refractivity contribution in [3.63, 3.8) is 0 Å². The van der Waals surface area contributed by atoms with Gasteiger partial charge >= 0.3 is 5.97 Å². The van der Waals surface area contributed by atoms with Crippen molar-refractivity contribution in [1.29, 1.82) is 0 Å². The summed E-state index contributed by atoms with van der Waals surface area (Å²) in [6.45, 7) is 7.13. The number of carbonyl (C=O) groups is 2. The first-order valence-corrected chi connectivity index (χ1v) is 11.4. The van der Waals surface area contributed by atoms with Gasteiger partial charge < -0.3 is 9.47 Å². The molecule has 1 aromatic heterocycles. The highest BCUT2D eigenvalue weighted by Gasteiger charge is 2.30. The molecule has 2 aromatic carbocycles. The Hall–Kier alpha value is -3.55. The third kappa shape index (κ3) is 5.50. The number of esters is 1. The molecular weight excluding hydrogens is 437 g/mol. The van der Waals surface area contributed by atoms with Gasteiger partial charge in [0, 0.05) is 17.5 Å². The highest BCUT2D eigenvalue weighted by atomic mass is 19.1. The number of rotatable bonds is 8. The Kier molecular flexibility index (Phi) is 6.50. The lowest BCUT2D eigenvalue weighted by Gasteiger charge is -2.19. The number of Topliss-reactive ketones (excluding diaryl/α,β-unsaturated/α-hetero) is 1. The Morgan fingerprint density at radius 2 is 1.85 bits per heavy atom. The summed E-state index contributed by atoms with van der Waals surface area (Å²) < 4.78 is 25.9. The highest BCUT2D eigenvalue weighted by molar-refractivity contribution is 5.99. The third-order valence-electron chi connectivity index (χ3n) is 5.38. The van der Waals surface area contributed by atoms with Gasteiger partial charge in [0.1, 0.15) is 29.0 Å². The van der Waals surface area contributed by atoms with Crippen molar-refractivity contribution in [2.75, 3.05) is 0 Å². The minimum absolute atomic E-state index is 0.149. The van der Waals surface area contributed by atoms with Crippen molar-refractivity contribution in [3.8, 4) is 11.4 Å². The van der Waals surface area contributed by atoms with Gasteiger partial charge in [-0.05, 0) is 76.4 Å². The number of ether oxygens (including phenoxy) is 2. The second-order valence-corrected chi connectivity index (χ2v) is 9.40. The molecule has 1 fully saturated rings. The van der Waals surface area contributed by atoms with E-state index in [0.29, 0.717) is 29.1 Å². The summed E-state index contributed by atoms with van der Waals surface area (Å²) in [6, 6.07) is 11.3. The van der Waals surface area contributed by atoms with Gasteiger partial charge in [0.05, 0.1) is 17.4 Å². The molecule has 1 heterocycles. The second kappa shape index (κ2) is 9.37. The maximum Gasteiger partial charge on any atom is 0.341 e. The van der Waals surface area contributed by atoms with Gasteiger partial charge in [-0.1, -0.05) is 6.92 Å². The summed E-state index contributed by atoms with van der Waals surface area (Å²) in [5, 5.41) is 8.68. The van der Waals surface area contributed by atoms with Crippen LogP contribution in [0.25, 0.3) is 5.69 Å². The zero-order chi connectivity index (χ0) is 24.5. The van der Waals surface area contributed by atoms with E-state index >= 15 is 0 Å². The van der Waals surface area contributed by atoms with Gasteiger partial charge in [0.25, 0.3) is 0 Å². The smallest absolute Gasteiger partial charge is 0.341 e. The number of nitrogens with zero attached hydrogens (tertiary/aromatic N) is 3. The maximum absolute atomic E-state index is 14.6. The molecule has 178 valence electrons. The maximum atomic E-state index is 14.6. The first kappa shape index (κ1) is 23.6. The Bertz CT molecular complexity index is 1190. The monoisotopic (exact) mass is 465 g/mol. The van der Waals surface area contributed by atoms with Crippen LogP contribution >= 0.6 is 0 Å². The summed E-state index contributed by atoms with van der Waals surface area (Å²) in [5.74, 6) is -0.453. The molecule has 0 spiro atoms. The van der Waals surface area contributed by atoms with Crippen molar-refractivity contribution in [2.45, 2.75) is 58.7 Å². The molecule has 1 atom stereocenters. The van der Waals surface area contributed by atoms with E-state index in [1.54, 1.807) is 57.3 Å². The molecule has 3 aromatic rings. The Morgan fingerprint density at radius 1 is 1.15 bits per heavy atom. The lowest BCUT2D eigenvalue weighted by molar-refractivity contribution is 0.00646. The van der Waals surface area contributed by atoms with E-state index in [-0.39, 0.29) is 23.4 Å². The predicted octanol–water partition coefficient (Wildman–Crippen LogP) is 5.48. The Morgan fingerprint density at radius 3 is 2.44 bits per heavy atom. The number of halogens is 1. The van der Waals surface area contributed by atoms with Crippen molar-refractivity contribution < 1.29 is 23.5 Å². The van der Waals surface area contributed by atoms with Crippen LogP contribution in [-0.4, -0.2) is 32.3 Å². The molecule has 1 saturated carbocycles. The SMILES string of the molecule is CC[C@@H](Oc1ccc(C(=O)C2CC2)cc1)c1cnn(-c2ccc(C(=O)OC(C)(C)C)c(F)c2)n1. The standard InChI is InChI=1S/C26H28FN3O4/c1-5-23(33-19-11-8-17(9-12-19)24(31)16-6-7-16)22-15-28-30(29-22)18-10-13-20(21(27)14-18)25(32)34-26(2,3)4/h8-16,23H,5-7H2,1-4H3/t23-/m1/s1. The van der Waals surface area contributed by atoms with Crippen molar-refractivity contribution in [3.05, 3.63) is 71.3 Å². The van der Waals surface area contributed by atoms with Crippen molar-refractivity contribution in [2.24, 2.45) is 5.92 Å². The van der Waals surface area contributed by atoms with Gasteiger partial charge in [-0.2, -0.15) is 9.90 Å². The van der Waals surface area contributed by atoms with Crippen LogP contribution in [0.3, 0.4) is 0 Å². The van der Waals surface area contributed by atoms with Crippen LogP contribution < -0.4 is 4.74 Å². The van der Waals surface area contributed by atoms with Crippen LogP contribution in [0.1, 0.15) is 79.5 Å². The van der Waals surface area contributed by atoms with E-state index in [2.05, 4.69) is 10.2 Å². The van der Waals surface area contributed by atoms with Gasteiger partial charge in [0.15, 0.2) is 5.78 Å². The fourth-order valence-electron chi connectivity index (χ4n) is 3.47. The minimum atomic E-state index is -0.727. The molecule has 0 bridgehead atoms. The van der Waals surface area contributed by atoms with E-state index in [0.717, 1.165) is 12.8 Å². The number of hydrogen-bond donors (Lipinski definition) is 0. The number of benzene rings is 2. The zero-order valence-corrected chi connectivity index (χ0v) is 19.7. The van der Waals surface area contributed by atoms with Crippen LogP contribution in [0.2, 0.25) is 0 Å². The molecule has 4 rings (SSSR count). The molecule has 0 saturated heterocycles. The minimum Gasteiger partial charge on any atom is -0.484 e. The normalized spacial score (nSPS) is 14.5. The summed E-state index contributed by atoms with van der Waals surface area (Å²) in [6.07, 6.45) is 3.77. The van der Waals surface area contributed by atoms with Crippen LogP contribution in [0.5, 0.6) is 5.75 Å². The molecule has 0 amide bonds. The summed E-state index contributed by atoms with van der Waals surface area (Å²) >= 11 is 0. The second-order valence-electron chi connectivity index (χ2n) is 9.40. The van der Waals surface area contributed by atoms with Gasteiger partial charge in [0.2, 0.25) is 0 Å². The molecule has 8 heteroatoms. The molecular formula is C26H28FN3O4. The quantitative estimate of drug-likeness (QED) is 0.323. The molecule has 1 aliphatic carbocycles. The average molecular weight is 466 g/mol. The van der Waals surface area contributed by atoms with E-state index in [4.69, 9.17) is 9.47 Å². The van der Waals surface area contributed by atoms with Gasteiger partial charge in [-0.15, -0.1) is 5.10 Å². The third-order valence-corrected chi connectivity index (χ3v) is 5.38. The number of aromatic nitrogens is 3. The van der Waals surface area contributed by atoms with Crippen LogP contribution in [0.15, 0.2) is 48.7 Å². The highest BCUT2D eigenvalue weighted by Crippen LogP contribution is 2.33. The Balaban J connectivity index is 1.46. The van der Waals surface area contributed by atoms with E-state index in [1.165, 1.54) is 16.9 Å². The fourth-order valence-corrected chi connectivity index (χ4v) is 3.47. The zero-order valence-electron chi connectivity index (χ0n) is 19.7. The topological polar surface area (TPSA) is 83.3 Å². The fraction of sp³-hybridized carbons (Fsp3) is 0.385. The molecule has 0 aliphatic heterocycles. The van der Waals surface area contributed by atoms with E-state index in [9.17, 15) is 14.0 Å². The molecule has 0 N–H and O–H groups in total. The number of carbonyl (C=O) groups excluding carboxylic acids is 2. The molecule has 1 aliphatic rings. The summed E-state index contributed by atoms with van der Waals surface area (Å²) in [7, 11) is 0. The van der Waals surface area contributed by atoms with Crippen molar-refractivity contribution in [1.82, 2.24) is 15.0 Å². The summed E-state index contributed by atoms with van der Waals surface area (Å²) in [4.78, 5) is 25.7. The van der Waals surface area contributed by atoms with Gasteiger partial charge in [-0.25, -0.2) is 9.18 Å². The number of hydrogen-bond acceptors (Lipinski definition) is 6. The van der Waals surface area contributed by atoms with Crippen LogP contribution in [0.4, 0.5) is 4.39 Å². The van der Waals surface area contributed by atoms with E-state index < -0.39 is 17.4 Å². The number of ketones is 1. The Labute approximate surface area is 197 Å². The average Bonchev–Trinajstić information content (AvgIpc) is 3.52. The van der Waals surface area contributed by atoms with Gasteiger partial charge in [-0.3, -0.25) is 4.79 Å². The largest absolute Gasteiger partial charge is 0.484 e. The molecule has 7 nitrogen and oxygen atoms in total. The first-order valence-electron chi connectivity index (χ1n) is 11.4. The van der Waals surface area contributed by atoms with E-state index in [1.807, 2.05) is 6.92 Å². The predicted molar refractivity (Wildman–Crippen MR) is 124 cm³/mol. The van der Waals surface area contributed by atoms with Crippen LogP contribution in [-0.2, 0) is 4.74 Å².